The van der Waals surface area contributed by atoms with Crippen molar-refractivity contribution in [2.24, 2.45) is 5.16 Å². The SMILES string of the molecule is FC(F)(F)N(C1=NOCC1)c1ccccc1. The van der Waals surface area contributed by atoms with E-state index in [1.165, 1.54) is 12.1 Å². The van der Waals surface area contributed by atoms with Gasteiger partial charge >= 0.3 is 6.30 Å². The topological polar surface area (TPSA) is 24.8 Å². The number of rotatable bonds is 1. The molecule has 16 heavy (non-hydrogen) atoms. The Morgan fingerprint density at radius 3 is 2.38 bits per heavy atom. The van der Waals surface area contributed by atoms with Gasteiger partial charge in [-0.15, -0.1) is 13.2 Å². The van der Waals surface area contributed by atoms with E-state index in [1.807, 2.05) is 0 Å². The maximum Gasteiger partial charge on any atom is 0.490 e. The molecule has 1 aromatic carbocycles. The number of para-hydroxylation sites is 1. The largest absolute Gasteiger partial charge is 0.490 e. The molecule has 0 radical (unpaired) electrons. The summed E-state index contributed by atoms with van der Waals surface area (Å²) in [6.07, 6.45) is -4.33. The van der Waals surface area contributed by atoms with Gasteiger partial charge in [-0.1, -0.05) is 23.4 Å². The molecule has 1 aliphatic rings. The summed E-state index contributed by atoms with van der Waals surface area (Å²) >= 11 is 0. The van der Waals surface area contributed by atoms with Crippen molar-refractivity contribution >= 4 is 11.5 Å². The number of hydrogen-bond acceptors (Lipinski definition) is 3. The summed E-state index contributed by atoms with van der Waals surface area (Å²) in [6, 6.07) is 7.52. The van der Waals surface area contributed by atoms with Gasteiger partial charge in [-0.3, -0.25) is 0 Å². The van der Waals surface area contributed by atoms with Crippen LogP contribution >= 0.6 is 0 Å². The van der Waals surface area contributed by atoms with E-state index in [0.29, 0.717) is 0 Å². The average Bonchev–Trinajstić information content (AvgIpc) is 2.71. The van der Waals surface area contributed by atoms with Crippen molar-refractivity contribution in [2.75, 3.05) is 11.5 Å². The molecule has 0 bridgehead atoms. The molecule has 0 aromatic heterocycles. The van der Waals surface area contributed by atoms with Gasteiger partial charge in [0.05, 0.1) is 5.69 Å². The fourth-order valence-electron chi connectivity index (χ4n) is 1.47. The molecular formula is C10H9F3N2O. The van der Waals surface area contributed by atoms with Gasteiger partial charge in [-0.25, -0.2) is 4.90 Å². The first-order chi connectivity index (χ1) is 7.59. The Bertz CT molecular complexity index is 389. The Kier molecular flexibility index (Phi) is 2.72. The number of hydrogen-bond donors (Lipinski definition) is 0. The first kappa shape index (κ1) is 10.8. The molecule has 0 atom stereocenters. The summed E-state index contributed by atoms with van der Waals surface area (Å²) < 4.78 is 38.5. The van der Waals surface area contributed by atoms with Crippen molar-refractivity contribution < 1.29 is 18.0 Å². The molecule has 0 fully saturated rings. The van der Waals surface area contributed by atoms with E-state index in [1.54, 1.807) is 18.2 Å². The molecule has 2 rings (SSSR count). The summed E-state index contributed by atoms with van der Waals surface area (Å²) in [7, 11) is 0. The molecule has 1 aliphatic heterocycles. The van der Waals surface area contributed by atoms with Crippen molar-refractivity contribution in [1.82, 2.24) is 0 Å². The number of oxime groups is 1. The molecule has 1 heterocycles. The average molecular weight is 230 g/mol. The first-order valence-corrected chi connectivity index (χ1v) is 4.70. The molecule has 0 saturated carbocycles. The van der Waals surface area contributed by atoms with Gasteiger partial charge in [0.1, 0.15) is 6.61 Å². The van der Waals surface area contributed by atoms with Crippen LogP contribution in [0.5, 0.6) is 0 Å². The van der Waals surface area contributed by atoms with Crippen LogP contribution in [0.4, 0.5) is 18.9 Å². The Morgan fingerprint density at radius 2 is 1.88 bits per heavy atom. The molecule has 0 aliphatic carbocycles. The highest BCUT2D eigenvalue weighted by molar-refractivity contribution is 5.98. The van der Waals surface area contributed by atoms with Crippen LogP contribution in [0.25, 0.3) is 0 Å². The van der Waals surface area contributed by atoms with Crippen LogP contribution in [0.1, 0.15) is 6.42 Å². The predicted octanol–water partition coefficient (Wildman–Crippen LogP) is 2.75. The molecule has 3 nitrogen and oxygen atoms in total. The van der Waals surface area contributed by atoms with Crippen molar-refractivity contribution in [2.45, 2.75) is 12.7 Å². The molecule has 0 saturated heterocycles. The summed E-state index contributed by atoms with van der Waals surface area (Å²) in [5.41, 5.74) is 0.0410. The fourth-order valence-corrected chi connectivity index (χ4v) is 1.47. The predicted molar refractivity (Wildman–Crippen MR) is 53.0 cm³/mol. The molecule has 86 valence electrons. The second kappa shape index (κ2) is 4.03. The minimum Gasteiger partial charge on any atom is -0.394 e. The molecular weight excluding hydrogens is 221 g/mol. The minimum atomic E-state index is -4.49. The smallest absolute Gasteiger partial charge is 0.394 e. The van der Waals surface area contributed by atoms with E-state index in [0.717, 1.165) is 0 Å². The zero-order valence-electron chi connectivity index (χ0n) is 8.24. The lowest BCUT2D eigenvalue weighted by Crippen LogP contribution is -2.42. The molecule has 6 heteroatoms. The number of halogens is 3. The molecule has 1 aromatic rings. The highest BCUT2D eigenvalue weighted by atomic mass is 19.4. The van der Waals surface area contributed by atoms with Crippen LogP contribution in [-0.4, -0.2) is 18.7 Å². The molecule has 0 N–H and O–H groups in total. The monoisotopic (exact) mass is 230 g/mol. The fraction of sp³-hybridized carbons (Fsp3) is 0.300. The van der Waals surface area contributed by atoms with Gasteiger partial charge in [0.25, 0.3) is 0 Å². The van der Waals surface area contributed by atoms with Crippen LogP contribution in [-0.2, 0) is 4.84 Å². The number of amidine groups is 1. The van der Waals surface area contributed by atoms with Gasteiger partial charge in [-0.2, -0.15) is 0 Å². The van der Waals surface area contributed by atoms with E-state index in [9.17, 15) is 13.2 Å². The summed E-state index contributed by atoms with van der Waals surface area (Å²) in [5, 5.41) is 3.40. The van der Waals surface area contributed by atoms with Gasteiger partial charge < -0.3 is 4.84 Å². The third-order valence-electron chi connectivity index (χ3n) is 2.11. The maximum absolute atomic E-state index is 12.8. The molecule has 0 amide bonds. The van der Waals surface area contributed by atoms with Crippen molar-refractivity contribution in [3.8, 4) is 0 Å². The van der Waals surface area contributed by atoms with E-state index in [2.05, 4.69) is 9.99 Å². The lowest BCUT2D eigenvalue weighted by Gasteiger charge is -2.25. The van der Waals surface area contributed by atoms with Crippen molar-refractivity contribution in [1.29, 1.82) is 0 Å². The van der Waals surface area contributed by atoms with Crippen molar-refractivity contribution in [3.05, 3.63) is 30.3 Å². The first-order valence-electron chi connectivity index (χ1n) is 4.70. The number of nitrogens with zero attached hydrogens (tertiary/aromatic N) is 2. The zero-order valence-corrected chi connectivity index (χ0v) is 8.24. The van der Waals surface area contributed by atoms with E-state index >= 15 is 0 Å². The van der Waals surface area contributed by atoms with Gasteiger partial charge in [0.15, 0.2) is 5.84 Å². The number of anilines is 1. The summed E-state index contributed by atoms with van der Waals surface area (Å²) in [6.45, 7) is 0.189. The highest BCUT2D eigenvalue weighted by Gasteiger charge is 2.41. The van der Waals surface area contributed by atoms with Crippen LogP contribution < -0.4 is 4.90 Å². The molecule has 0 spiro atoms. The summed E-state index contributed by atoms with van der Waals surface area (Å²) in [5.74, 6) is -0.112. The summed E-state index contributed by atoms with van der Waals surface area (Å²) in [4.78, 5) is 4.84. The van der Waals surface area contributed by atoms with Gasteiger partial charge in [0, 0.05) is 6.42 Å². The Morgan fingerprint density at radius 1 is 1.19 bits per heavy atom. The van der Waals surface area contributed by atoms with Crippen molar-refractivity contribution in [3.63, 3.8) is 0 Å². The second-order valence-electron chi connectivity index (χ2n) is 3.23. The van der Waals surface area contributed by atoms with Gasteiger partial charge in [-0.05, 0) is 12.1 Å². The van der Waals surface area contributed by atoms with E-state index in [4.69, 9.17) is 0 Å². The normalized spacial score (nSPS) is 15.6. The number of benzene rings is 1. The lowest BCUT2D eigenvalue weighted by atomic mass is 10.2. The zero-order chi connectivity index (χ0) is 11.6. The van der Waals surface area contributed by atoms with Crippen LogP contribution in [0.15, 0.2) is 35.5 Å². The Balaban J connectivity index is 2.36. The number of alkyl halides is 3. The van der Waals surface area contributed by atoms with Gasteiger partial charge in [0.2, 0.25) is 0 Å². The highest BCUT2D eigenvalue weighted by Crippen LogP contribution is 2.30. The lowest BCUT2D eigenvalue weighted by molar-refractivity contribution is -0.118. The minimum absolute atomic E-state index is 0.0410. The van der Waals surface area contributed by atoms with Crippen LogP contribution in [0, 0.1) is 0 Å². The van der Waals surface area contributed by atoms with Crippen LogP contribution in [0.3, 0.4) is 0 Å². The molecule has 0 unspecified atom stereocenters. The third kappa shape index (κ3) is 2.10. The second-order valence-corrected chi connectivity index (χ2v) is 3.23. The van der Waals surface area contributed by atoms with E-state index in [-0.39, 0.29) is 29.5 Å². The Hall–Kier alpha value is -1.72. The third-order valence-corrected chi connectivity index (χ3v) is 2.11. The standard InChI is InChI=1S/C10H9F3N2O/c11-10(12,13)15(9-6-7-16-14-9)8-4-2-1-3-5-8/h1-5H,6-7H2. The quantitative estimate of drug-likeness (QED) is 0.693. The van der Waals surface area contributed by atoms with Crippen LogP contribution in [0.2, 0.25) is 0 Å². The Labute approximate surface area is 90.1 Å². The maximum atomic E-state index is 12.8. The van der Waals surface area contributed by atoms with E-state index < -0.39 is 6.30 Å².